The van der Waals surface area contributed by atoms with Gasteiger partial charge in [0.2, 0.25) is 0 Å². The SMILES string of the molecule is C=CSc1ccc(C(C)(C)C)cc1C=C. The fourth-order valence-corrected chi connectivity index (χ4v) is 1.98. The van der Waals surface area contributed by atoms with Gasteiger partial charge in [0.15, 0.2) is 0 Å². The number of hydrogen-bond donors (Lipinski definition) is 0. The minimum absolute atomic E-state index is 0.190. The Bertz CT molecular complexity index is 369. The first-order valence-corrected chi connectivity index (χ1v) is 5.91. The molecule has 0 radical (unpaired) electrons. The molecule has 0 unspecified atom stereocenters. The van der Waals surface area contributed by atoms with Gasteiger partial charge in [-0.05, 0) is 28.0 Å². The van der Waals surface area contributed by atoms with Gasteiger partial charge in [0.1, 0.15) is 0 Å². The van der Waals surface area contributed by atoms with Gasteiger partial charge < -0.3 is 0 Å². The van der Waals surface area contributed by atoms with Crippen molar-refractivity contribution < 1.29 is 0 Å². The summed E-state index contributed by atoms with van der Waals surface area (Å²) in [6.07, 6.45) is 1.90. The topological polar surface area (TPSA) is 0 Å². The molecule has 0 spiro atoms. The molecular formula is C14H18S. The summed E-state index contributed by atoms with van der Waals surface area (Å²) in [5.74, 6) is 0. The van der Waals surface area contributed by atoms with Crippen molar-refractivity contribution in [3.05, 3.63) is 47.9 Å². The second-order valence-corrected chi connectivity index (χ2v) is 5.50. The van der Waals surface area contributed by atoms with E-state index in [4.69, 9.17) is 0 Å². The molecule has 0 N–H and O–H groups in total. The van der Waals surface area contributed by atoms with Gasteiger partial charge in [0, 0.05) is 4.90 Å². The van der Waals surface area contributed by atoms with Crippen LogP contribution in [0.3, 0.4) is 0 Å². The van der Waals surface area contributed by atoms with Crippen molar-refractivity contribution in [3.63, 3.8) is 0 Å². The standard InChI is InChI=1S/C14H18S/c1-6-11-10-12(14(3,4)5)8-9-13(11)15-7-2/h6-10H,1-2H2,3-5H3. The fourth-order valence-electron chi connectivity index (χ4n) is 1.37. The molecule has 0 amide bonds. The van der Waals surface area contributed by atoms with Crippen LogP contribution in [0.4, 0.5) is 0 Å². The third-order valence-electron chi connectivity index (χ3n) is 2.31. The molecular weight excluding hydrogens is 200 g/mol. The highest BCUT2D eigenvalue weighted by Crippen LogP contribution is 2.30. The van der Waals surface area contributed by atoms with Crippen LogP contribution in [0.15, 0.2) is 41.7 Å². The van der Waals surface area contributed by atoms with Crippen molar-refractivity contribution in [2.45, 2.75) is 31.1 Å². The molecule has 0 aliphatic rings. The predicted molar refractivity (Wildman–Crippen MR) is 71.3 cm³/mol. The van der Waals surface area contributed by atoms with Crippen molar-refractivity contribution in [1.29, 1.82) is 0 Å². The van der Waals surface area contributed by atoms with Crippen LogP contribution >= 0.6 is 11.8 Å². The van der Waals surface area contributed by atoms with E-state index in [-0.39, 0.29) is 5.41 Å². The predicted octanol–water partition coefficient (Wildman–Crippen LogP) is 4.86. The zero-order valence-corrected chi connectivity index (χ0v) is 10.5. The summed E-state index contributed by atoms with van der Waals surface area (Å²) in [5, 5.41) is 1.85. The van der Waals surface area contributed by atoms with Crippen LogP contribution in [-0.4, -0.2) is 0 Å². The lowest BCUT2D eigenvalue weighted by molar-refractivity contribution is 0.589. The summed E-state index contributed by atoms with van der Waals surface area (Å²) in [5.41, 5.74) is 2.72. The summed E-state index contributed by atoms with van der Waals surface area (Å²) < 4.78 is 0. The third kappa shape index (κ3) is 3.00. The molecule has 0 fully saturated rings. The molecule has 1 heteroatoms. The van der Waals surface area contributed by atoms with Gasteiger partial charge in [-0.25, -0.2) is 0 Å². The minimum atomic E-state index is 0.190. The molecule has 0 saturated heterocycles. The van der Waals surface area contributed by atoms with Crippen LogP contribution in [0.1, 0.15) is 31.9 Å². The second kappa shape index (κ2) is 4.71. The molecule has 0 bridgehead atoms. The first-order valence-electron chi connectivity index (χ1n) is 5.03. The Labute approximate surface area is 97.1 Å². The van der Waals surface area contributed by atoms with Crippen molar-refractivity contribution in [3.8, 4) is 0 Å². The van der Waals surface area contributed by atoms with Gasteiger partial charge in [0.05, 0.1) is 0 Å². The van der Waals surface area contributed by atoms with E-state index in [0.717, 1.165) is 0 Å². The number of hydrogen-bond acceptors (Lipinski definition) is 1. The maximum atomic E-state index is 3.85. The van der Waals surface area contributed by atoms with Crippen molar-refractivity contribution >= 4 is 17.8 Å². The van der Waals surface area contributed by atoms with E-state index < -0.39 is 0 Å². The van der Waals surface area contributed by atoms with Crippen LogP contribution in [0.2, 0.25) is 0 Å². The van der Waals surface area contributed by atoms with Crippen molar-refractivity contribution in [2.75, 3.05) is 0 Å². The maximum Gasteiger partial charge on any atom is 0.0188 e. The number of rotatable bonds is 3. The van der Waals surface area contributed by atoms with E-state index in [0.29, 0.717) is 0 Å². The maximum absolute atomic E-state index is 3.85. The van der Waals surface area contributed by atoms with E-state index in [2.05, 4.69) is 52.1 Å². The van der Waals surface area contributed by atoms with Crippen LogP contribution in [0.5, 0.6) is 0 Å². The first kappa shape index (κ1) is 12.1. The molecule has 80 valence electrons. The summed E-state index contributed by atoms with van der Waals surface area (Å²) >= 11 is 1.64. The van der Waals surface area contributed by atoms with Crippen LogP contribution in [0.25, 0.3) is 6.08 Å². The van der Waals surface area contributed by atoms with Gasteiger partial charge in [-0.3, -0.25) is 0 Å². The molecule has 0 aromatic heterocycles. The van der Waals surface area contributed by atoms with Gasteiger partial charge in [-0.15, -0.1) is 0 Å². The highest BCUT2D eigenvalue weighted by atomic mass is 32.2. The average molecular weight is 218 g/mol. The minimum Gasteiger partial charge on any atom is -0.0984 e. The largest absolute Gasteiger partial charge is 0.0984 e. The highest BCUT2D eigenvalue weighted by Gasteiger charge is 2.14. The lowest BCUT2D eigenvalue weighted by atomic mass is 9.86. The van der Waals surface area contributed by atoms with E-state index in [1.165, 1.54) is 16.0 Å². The Kier molecular flexibility index (Phi) is 3.81. The van der Waals surface area contributed by atoms with Crippen molar-refractivity contribution in [1.82, 2.24) is 0 Å². The number of benzene rings is 1. The van der Waals surface area contributed by atoms with E-state index in [1.807, 2.05) is 11.5 Å². The molecule has 15 heavy (non-hydrogen) atoms. The van der Waals surface area contributed by atoms with Gasteiger partial charge in [-0.1, -0.05) is 63.9 Å². The number of thioether (sulfide) groups is 1. The summed E-state index contributed by atoms with van der Waals surface area (Å²) in [6.45, 7) is 14.2. The Morgan fingerprint density at radius 3 is 2.33 bits per heavy atom. The lowest BCUT2D eigenvalue weighted by Gasteiger charge is -2.20. The van der Waals surface area contributed by atoms with Crippen LogP contribution < -0.4 is 0 Å². The molecule has 0 saturated carbocycles. The molecule has 1 aromatic rings. The summed E-state index contributed by atoms with van der Waals surface area (Å²) in [6, 6.07) is 6.53. The smallest absolute Gasteiger partial charge is 0.0188 e. The van der Waals surface area contributed by atoms with E-state index in [9.17, 15) is 0 Å². The summed E-state index contributed by atoms with van der Waals surface area (Å²) in [4.78, 5) is 1.22. The third-order valence-corrected chi connectivity index (χ3v) is 3.10. The molecule has 0 atom stereocenters. The van der Waals surface area contributed by atoms with Gasteiger partial charge in [0.25, 0.3) is 0 Å². The van der Waals surface area contributed by atoms with E-state index >= 15 is 0 Å². The highest BCUT2D eigenvalue weighted by molar-refractivity contribution is 8.02. The molecule has 0 aliphatic carbocycles. The van der Waals surface area contributed by atoms with Crippen LogP contribution in [-0.2, 0) is 5.41 Å². The molecule has 0 aliphatic heterocycles. The molecule has 1 aromatic carbocycles. The molecule has 0 nitrogen and oxygen atoms in total. The average Bonchev–Trinajstić information content (AvgIpc) is 2.17. The normalized spacial score (nSPS) is 11.1. The molecule has 1 rings (SSSR count). The Morgan fingerprint density at radius 2 is 1.87 bits per heavy atom. The Hall–Kier alpha value is -0.950. The van der Waals surface area contributed by atoms with E-state index in [1.54, 1.807) is 11.8 Å². The fraction of sp³-hybridized carbons (Fsp3) is 0.286. The van der Waals surface area contributed by atoms with Crippen LogP contribution in [0, 0.1) is 0 Å². The zero-order chi connectivity index (χ0) is 11.5. The monoisotopic (exact) mass is 218 g/mol. The quantitative estimate of drug-likeness (QED) is 0.653. The Morgan fingerprint density at radius 1 is 1.20 bits per heavy atom. The van der Waals surface area contributed by atoms with Gasteiger partial charge in [-0.2, -0.15) is 0 Å². The zero-order valence-electron chi connectivity index (χ0n) is 9.71. The Balaban J connectivity index is 3.18. The first-order chi connectivity index (χ1) is 6.99. The van der Waals surface area contributed by atoms with Crippen molar-refractivity contribution in [2.24, 2.45) is 0 Å². The molecule has 0 heterocycles. The van der Waals surface area contributed by atoms with Gasteiger partial charge >= 0.3 is 0 Å². The summed E-state index contributed by atoms with van der Waals surface area (Å²) in [7, 11) is 0. The lowest BCUT2D eigenvalue weighted by Crippen LogP contribution is -2.11. The second-order valence-electron chi connectivity index (χ2n) is 4.49.